The second kappa shape index (κ2) is 12.8. The lowest BCUT2D eigenvalue weighted by molar-refractivity contribution is 0.198. The monoisotopic (exact) mass is 688 g/mol. The molecule has 0 atom stereocenters. The van der Waals surface area contributed by atoms with Crippen molar-refractivity contribution >= 4 is 70.9 Å². The molecule has 1 aliphatic rings. The highest BCUT2D eigenvalue weighted by Gasteiger charge is 1.95. The highest BCUT2D eigenvalue weighted by molar-refractivity contribution is 15.0. The van der Waals surface area contributed by atoms with E-state index in [1.165, 1.54) is 16.5 Å². The zero-order valence-electron chi connectivity index (χ0n) is 14.0. The number of fused-ring (bicyclic) bond motifs is 2. The van der Waals surface area contributed by atoms with Crippen LogP contribution in [0.15, 0.2) is 67.6 Å². The average Bonchev–Trinajstić information content (AvgIpc) is 3.46. The van der Waals surface area contributed by atoms with Crippen LogP contribution in [0.1, 0.15) is 12.8 Å². The number of hydrogen-bond donors (Lipinski definition) is 0. The molecule has 0 aliphatic carbocycles. The van der Waals surface area contributed by atoms with Crippen molar-refractivity contribution in [1.29, 1.82) is 0 Å². The van der Waals surface area contributed by atoms with Crippen LogP contribution in [0, 0.1) is 3.70 Å². The summed E-state index contributed by atoms with van der Waals surface area (Å²) in [5.74, 6) is 0. The van der Waals surface area contributed by atoms with E-state index in [1.54, 1.807) is 6.33 Å². The lowest BCUT2D eigenvalue weighted by atomic mass is 10.4. The number of hydrogen-bond acceptors (Lipinski definition) is 3. The van der Waals surface area contributed by atoms with E-state index in [4.69, 9.17) is 4.74 Å². The molecule has 4 aromatic rings. The Morgan fingerprint density at radius 3 is 2.19 bits per heavy atom. The van der Waals surface area contributed by atoms with E-state index in [0.29, 0.717) is 0 Å². The van der Waals surface area contributed by atoms with Gasteiger partial charge in [0.25, 0.3) is 0 Å². The minimum Gasteiger partial charge on any atom is -0.381 e. The summed E-state index contributed by atoms with van der Waals surface area (Å²) in [6.45, 7) is 2.00. The van der Waals surface area contributed by atoms with Crippen molar-refractivity contribution in [3.05, 3.63) is 71.3 Å². The topological polar surface area (TPSA) is 43.8 Å². The van der Waals surface area contributed by atoms with E-state index in [0.717, 1.165) is 24.2 Å². The molecule has 0 radical (unpaired) electrons. The van der Waals surface area contributed by atoms with Crippen molar-refractivity contribution in [2.75, 3.05) is 13.2 Å². The predicted octanol–water partition coefficient (Wildman–Crippen LogP) is 5.84. The summed E-state index contributed by atoms with van der Waals surface area (Å²) in [4.78, 5) is 7.98. The van der Waals surface area contributed by atoms with Crippen LogP contribution in [0.25, 0.3) is 11.0 Å². The molecular weight excluding hydrogens is 669 g/mol. The van der Waals surface area contributed by atoms with Crippen LogP contribution in [0.2, 0.25) is 0 Å². The number of pyridine rings is 2. The van der Waals surface area contributed by atoms with Crippen LogP contribution in [0.4, 0.5) is 0 Å². The number of ether oxygens (including phenoxy) is 1. The molecule has 0 N–H and O–H groups in total. The third kappa shape index (κ3) is 6.93. The average molecular weight is 688 g/mol. The quantitative estimate of drug-likeness (QED) is 0.172. The molecule has 1 saturated heterocycles. The van der Waals surface area contributed by atoms with Crippen molar-refractivity contribution in [3.8, 4) is 0 Å². The van der Waals surface area contributed by atoms with Gasteiger partial charge in [-0.15, -0.1) is 0 Å². The van der Waals surface area contributed by atoms with Gasteiger partial charge in [-0.1, -0.05) is 12.1 Å². The molecule has 4 aromatic heterocycles. The molecule has 0 spiro atoms. The summed E-state index contributed by atoms with van der Waals surface area (Å²) < 4.78 is 10.1. The van der Waals surface area contributed by atoms with Gasteiger partial charge in [0.2, 0.25) is 0 Å². The van der Waals surface area contributed by atoms with E-state index >= 15 is 0 Å². The van der Waals surface area contributed by atoms with Crippen LogP contribution >= 0.6 is 59.8 Å². The molecule has 0 unspecified atom stereocenters. The largest absolute Gasteiger partial charge is 0.381 e. The third-order valence-corrected chi connectivity index (χ3v) is 4.43. The second-order valence-electron chi connectivity index (χ2n) is 5.28. The molecule has 5 rings (SSSR count). The van der Waals surface area contributed by atoms with Crippen LogP contribution < -0.4 is 0 Å². The number of imidazole rings is 2. The predicted molar refractivity (Wildman–Crippen MR) is 131 cm³/mol. The van der Waals surface area contributed by atoms with E-state index in [9.17, 15) is 0 Å². The molecule has 5 nitrogen and oxygen atoms in total. The molecule has 5 heterocycles. The zero-order chi connectivity index (χ0) is 18.6. The summed E-state index contributed by atoms with van der Waals surface area (Å²) in [5, 5.41) is 0. The Bertz CT molecular complexity index is 852. The Morgan fingerprint density at radius 2 is 1.54 bits per heavy atom. The fourth-order valence-corrected chi connectivity index (χ4v) is 2.90. The van der Waals surface area contributed by atoms with Crippen LogP contribution in [0.5, 0.6) is 0 Å². The molecule has 8 heteroatoms. The minimum atomic E-state index is 1.00. The first-order chi connectivity index (χ1) is 12.8. The van der Waals surface area contributed by atoms with Crippen molar-refractivity contribution in [3.63, 3.8) is 0 Å². The summed E-state index contributed by atoms with van der Waals surface area (Å²) >= 11 is 6.52. The van der Waals surface area contributed by atoms with Crippen LogP contribution in [-0.4, -0.2) is 32.0 Å². The molecule has 1 aliphatic heterocycles. The molecule has 138 valence electrons. The van der Waals surface area contributed by atoms with Gasteiger partial charge in [-0.3, -0.25) is 4.40 Å². The van der Waals surface area contributed by atoms with Crippen LogP contribution in [0.3, 0.4) is 0 Å². The smallest absolute Gasteiger partial charge is 0.100 e. The lowest BCUT2D eigenvalue weighted by Crippen LogP contribution is -1.85. The van der Waals surface area contributed by atoms with E-state index in [-0.39, 0.29) is 0 Å². The summed E-state index contributed by atoms with van der Waals surface area (Å²) in [7, 11) is 0. The van der Waals surface area contributed by atoms with Gasteiger partial charge in [-0.05, 0) is 59.7 Å². The molecule has 0 bridgehead atoms. The Labute approximate surface area is 190 Å². The van der Waals surface area contributed by atoms with Gasteiger partial charge in [0.15, 0.2) is 0 Å². The van der Waals surface area contributed by atoms with Gasteiger partial charge in [0, 0.05) is 56.6 Å². The van der Waals surface area contributed by atoms with Crippen LogP contribution in [-0.2, 0) is 4.74 Å². The number of rotatable bonds is 0. The minimum absolute atomic E-state index is 1.00. The van der Waals surface area contributed by atoms with Crippen molar-refractivity contribution < 1.29 is 4.74 Å². The Balaban J connectivity index is 0.000000140. The summed E-state index contributed by atoms with van der Waals surface area (Å²) in [5.41, 5.74) is 2.28. The summed E-state index contributed by atoms with van der Waals surface area (Å²) in [6, 6.07) is 12.1. The second-order valence-corrected chi connectivity index (χ2v) is 6.39. The van der Waals surface area contributed by atoms with Crippen molar-refractivity contribution in [2.45, 2.75) is 12.8 Å². The van der Waals surface area contributed by atoms with Gasteiger partial charge in [-0.25, -0.2) is 9.97 Å². The maximum absolute atomic E-state index is 4.94. The molecule has 1 fully saturated rings. The van der Waals surface area contributed by atoms with E-state index in [2.05, 4.69) is 75.9 Å². The first-order valence-electron chi connectivity index (χ1n) is 8.00. The zero-order valence-corrected chi connectivity index (χ0v) is 20.5. The highest BCUT2D eigenvalue weighted by Crippen LogP contribution is 2.08. The van der Waals surface area contributed by atoms with Gasteiger partial charge >= 0.3 is 0 Å². The van der Waals surface area contributed by atoms with E-state index < -0.39 is 0 Å². The maximum Gasteiger partial charge on any atom is 0.100 e. The number of halogens is 3. The van der Waals surface area contributed by atoms with E-state index in [1.807, 2.05) is 64.1 Å². The van der Waals surface area contributed by atoms with Gasteiger partial charge in [0.1, 0.15) is 6.33 Å². The molecule has 26 heavy (non-hydrogen) atoms. The Kier molecular flexibility index (Phi) is 10.8. The first-order valence-corrected chi connectivity index (χ1v) is 15.4. The van der Waals surface area contributed by atoms with Gasteiger partial charge in [-0.2, -0.15) is 0 Å². The molecule has 0 saturated carbocycles. The first kappa shape index (κ1) is 21.8. The fraction of sp³-hybridized carbons (Fsp3) is 0.222. The van der Waals surface area contributed by atoms with Crippen molar-refractivity contribution in [1.82, 2.24) is 18.8 Å². The highest BCUT2D eigenvalue weighted by atomic mass is 128. The molecule has 0 aromatic carbocycles. The normalized spacial score (nSPS) is 12.4. The maximum atomic E-state index is 4.94. The van der Waals surface area contributed by atoms with Gasteiger partial charge in [0.05, 0.1) is 33.5 Å². The Hall–Kier alpha value is -0.470. The molecule has 0 amide bonds. The Morgan fingerprint density at radius 1 is 0.846 bits per heavy atom. The van der Waals surface area contributed by atoms with Gasteiger partial charge < -0.3 is 9.14 Å². The third-order valence-electron chi connectivity index (χ3n) is 3.55. The van der Waals surface area contributed by atoms with Crippen molar-refractivity contribution in [2.24, 2.45) is 0 Å². The SMILES string of the molecule is C1CCOC1.II.Ic1cccc2cncn12.c1ccn2cncc2c1. The molecular formula is C18H19I3N4O. The number of aromatic nitrogens is 4. The summed E-state index contributed by atoms with van der Waals surface area (Å²) in [6.07, 6.45) is 11.8. The lowest BCUT2D eigenvalue weighted by Gasteiger charge is -1.94. The fourth-order valence-electron chi connectivity index (χ4n) is 2.29. The standard InChI is InChI=1S/C7H5IN2.C7H6N2.C4H8O.I2/c8-7-3-1-2-6-4-9-5-10(6)7;1-2-4-9-6-8-5-7(9)3-1;1-2-4-5-3-1;1-2/h1-5H;1-6H;1-4H2;. The number of nitrogens with zero attached hydrogens (tertiary/aromatic N) is 4.